The second-order valence-corrected chi connectivity index (χ2v) is 12.3. The van der Waals surface area contributed by atoms with Crippen molar-refractivity contribution in [2.75, 3.05) is 23.0 Å². The molecule has 0 aliphatic rings. The molecule has 9 nitrogen and oxygen atoms in total. The third-order valence-corrected chi connectivity index (χ3v) is 8.87. The van der Waals surface area contributed by atoms with Crippen LogP contribution in [0, 0.1) is 10.1 Å². The summed E-state index contributed by atoms with van der Waals surface area (Å²) in [6.07, 6.45) is 10.0. The minimum Gasteiger partial charge on any atom is -0.494 e. The summed E-state index contributed by atoms with van der Waals surface area (Å²) in [7, 11) is 0. The van der Waals surface area contributed by atoms with Gasteiger partial charge in [-0.25, -0.2) is 4.98 Å². The van der Waals surface area contributed by atoms with Gasteiger partial charge in [0.2, 0.25) is 5.91 Å². The molecule has 11 heteroatoms. The Morgan fingerprint density at radius 1 is 0.930 bits per heavy atom. The van der Waals surface area contributed by atoms with Gasteiger partial charge >= 0.3 is 0 Å². The number of benzene rings is 3. The van der Waals surface area contributed by atoms with E-state index < -0.39 is 4.92 Å². The molecular weight excluding hydrogens is 585 g/mol. The number of para-hydroxylation sites is 2. The molecule has 0 bridgehead atoms. The molecule has 0 radical (unpaired) electrons. The van der Waals surface area contributed by atoms with Gasteiger partial charge in [-0.3, -0.25) is 19.7 Å². The number of nitro groups is 1. The zero-order valence-electron chi connectivity index (χ0n) is 24.2. The Balaban J connectivity index is 1.22. The molecule has 43 heavy (non-hydrogen) atoms. The van der Waals surface area contributed by atoms with Crippen LogP contribution in [0.2, 0.25) is 0 Å². The number of fused-ring (bicyclic) bond motifs is 1. The first-order valence-corrected chi connectivity index (χ1v) is 16.3. The number of nitrogens with zero attached hydrogens (tertiary/aromatic N) is 2. The SMILES string of the molecule is CCCCCCCCCCOc1ccc(C(=O)Nc2ccc3nc(SCC(=O)Nc4ccccc4[N+](=O)[O-])sc3c2)cc1. The number of hydrogen-bond acceptors (Lipinski definition) is 8. The summed E-state index contributed by atoms with van der Waals surface area (Å²) in [5.74, 6) is 0.219. The lowest BCUT2D eigenvalue weighted by Gasteiger charge is -2.08. The van der Waals surface area contributed by atoms with Crippen molar-refractivity contribution >= 4 is 62.2 Å². The van der Waals surface area contributed by atoms with Crippen molar-refractivity contribution in [2.24, 2.45) is 0 Å². The summed E-state index contributed by atoms with van der Waals surface area (Å²) in [6.45, 7) is 2.91. The molecule has 2 amide bonds. The first-order chi connectivity index (χ1) is 20.9. The molecule has 226 valence electrons. The van der Waals surface area contributed by atoms with Crippen LogP contribution >= 0.6 is 23.1 Å². The molecule has 0 unspecified atom stereocenters. The number of hydrogen-bond donors (Lipinski definition) is 2. The third-order valence-electron chi connectivity index (χ3n) is 6.71. The molecule has 0 spiro atoms. The lowest BCUT2D eigenvalue weighted by Crippen LogP contribution is -2.15. The van der Waals surface area contributed by atoms with E-state index in [9.17, 15) is 19.7 Å². The van der Waals surface area contributed by atoms with Crippen molar-refractivity contribution in [1.29, 1.82) is 0 Å². The van der Waals surface area contributed by atoms with E-state index in [2.05, 4.69) is 22.5 Å². The molecule has 0 aliphatic carbocycles. The average molecular weight is 621 g/mol. The molecule has 0 atom stereocenters. The van der Waals surface area contributed by atoms with Gasteiger partial charge in [0.25, 0.3) is 11.6 Å². The quantitative estimate of drug-likeness (QED) is 0.0524. The Morgan fingerprint density at radius 3 is 2.40 bits per heavy atom. The van der Waals surface area contributed by atoms with Gasteiger partial charge in [0.05, 0.1) is 27.5 Å². The average Bonchev–Trinajstić information content (AvgIpc) is 3.42. The number of nitro benzene ring substituents is 1. The van der Waals surface area contributed by atoms with Gasteiger partial charge in [-0.15, -0.1) is 11.3 Å². The van der Waals surface area contributed by atoms with Crippen LogP contribution in [0.3, 0.4) is 0 Å². The number of ether oxygens (including phenoxy) is 1. The summed E-state index contributed by atoms with van der Waals surface area (Å²) in [6, 6.07) is 18.6. The van der Waals surface area contributed by atoms with Crippen LogP contribution in [0.5, 0.6) is 5.75 Å². The molecule has 1 heterocycles. The molecule has 0 saturated heterocycles. The maximum absolute atomic E-state index is 12.8. The van der Waals surface area contributed by atoms with Gasteiger partial charge in [0.15, 0.2) is 4.34 Å². The highest BCUT2D eigenvalue weighted by Gasteiger charge is 2.16. The molecular formula is C32H36N4O5S2. The van der Waals surface area contributed by atoms with Crippen molar-refractivity contribution in [3.05, 3.63) is 82.4 Å². The molecule has 4 rings (SSSR count). The summed E-state index contributed by atoms with van der Waals surface area (Å²) >= 11 is 2.65. The maximum atomic E-state index is 12.8. The van der Waals surface area contributed by atoms with Crippen molar-refractivity contribution in [2.45, 2.75) is 62.6 Å². The Morgan fingerprint density at radius 2 is 1.65 bits per heavy atom. The van der Waals surface area contributed by atoms with E-state index in [1.807, 2.05) is 24.3 Å². The smallest absolute Gasteiger partial charge is 0.292 e. The fourth-order valence-corrected chi connectivity index (χ4v) is 6.33. The molecule has 3 aromatic carbocycles. The predicted molar refractivity (Wildman–Crippen MR) is 175 cm³/mol. The van der Waals surface area contributed by atoms with Crippen molar-refractivity contribution in [3.63, 3.8) is 0 Å². The highest BCUT2D eigenvalue weighted by molar-refractivity contribution is 8.01. The van der Waals surface area contributed by atoms with E-state index >= 15 is 0 Å². The number of thiazole rings is 1. The molecule has 0 aliphatic heterocycles. The summed E-state index contributed by atoms with van der Waals surface area (Å²) in [5.41, 5.74) is 1.92. The van der Waals surface area contributed by atoms with Gasteiger partial charge in [-0.05, 0) is 55.0 Å². The third kappa shape index (κ3) is 10.1. The Bertz CT molecular complexity index is 1520. The second kappa shape index (κ2) is 16.6. The van der Waals surface area contributed by atoms with Crippen LogP contribution < -0.4 is 15.4 Å². The fraction of sp³-hybridized carbons (Fsp3) is 0.344. The van der Waals surface area contributed by atoms with Gasteiger partial charge in [0, 0.05) is 17.3 Å². The summed E-state index contributed by atoms with van der Waals surface area (Å²) in [5, 5.41) is 16.7. The normalized spacial score (nSPS) is 10.9. The van der Waals surface area contributed by atoms with Crippen molar-refractivity contribution in [3.8, 4) is 5.75 Å². The van der Waals surface area contributed by atoms with Crippen LogP contribution in [0.4, 0.5) is 17.1 Å². The van der Waals surface area contributed by atoms with E-state index in [1.165, 1.54) is 80.2 Å². The van der Waals surface area contributed by atoms with Gasteiger partial charge < -0.3 is 15.4 Å². The Kier molecular flexibility index (Phi) is 12.4. The standard InChI is InChI=1S/C32H36N4O5S2/c1-2-3-4-5-6-7-8-11-20-41-25-17-14-23(15-18-25)31(38)33-24-16-19-27-29(21-24)43-32(35-27)42-22-30(37)34-26-12-9-10-13-28(26)36(39)40/h9-10,12-19,21H,2-8,11,20,22H2,1H3,(H,33,38)(H,34,37). The van der Waals surface area contributed by atoms with Crippen molar-refractivity contribution < 1.29 is 19.2 Å². The van der Waals surface area contributed by atoms with Crippen LogP contribution in [0.1, 0.15) is 68.6 Å². The predicted octanol–water partition coefficient (Wildman–Crippen LogP) is 8.71. The first kappa shape index (κ1) is 32.0. The van der Waals surface area contributed by atoms with Crippen LogP contribution in [0.25, 0.3) is 10.2 Å². The molecule has 0 saturated carbocycles. The molecule has 0 fully saturated rings. The molecule has 1 aromatic heterocycles. The molecule has 4 aromatic rings. The highest BCUT2D eigenvalue weighted by Crippen LogP contribution is 2.32. The number of carbonyl (C=O) groups is 2. The maximum Gasteiger partial charge on any atom is 0.292 e. The van der Waals surface area contributed by atoms with E-state index in [4.69, 9.17) is 4.74 Å². The van der Waals surface area contributed by atoms with Crippen molar-refractivity contribution in [1.82, 2.24) is 4.98 Å². The van der Waals surface area contributed by atoms with Crippen LogP contribution in [-0.2, 0) is 4.79 Å². The highest BCUT2D eigenvalue weighted by atomic mass is 32.2. The lowest BCUT2D eigenvalue weighted by atomic mass is 10.1. The minimum absolute atomic E-state index is 0.0499. The number of carbonyl (C=O) groups excluding carboxylic acids is 2. The van der Waals surface area contributed by atoms with Gasteiger partial charge in [-0.1, -0.05) is 75.8 Å². The van der Waals surface area contributed by atoms with E-state index in [1.54, 1.807) is 30.3 Å². The van der Waals surface area contributed by atoms with E-state index in [0.29, 0.717) is 22.2 Å². The summed E-state index contributed by atoms with van der Waals surface area (Å²) < 4.78 is 7.39. The number of aromatic nitrogens is 1. The fourth-order valence-electron chi connectivity index (χ4n) is 4.43. The number of rotatable bonds is 17. The monoisotopic (exact) mass is 620 g/mol. The summed E-state index contributed by atoms with van der Waals surface area (Å²) in [4.78, 5) is 40.4. The zero-order chi connectivity index (χ0) is 30.4. The minimum atomic E-state index is -0.532. The first-order valence-electron chi connectivity index (χ1n) is 14.5. The number of amides is 2. The number of nitrogens with one attached hydrogen (secondary N) is 2. The van der Waals surface area contributed by atoms with E-state index in [0.717, 1.165) is 22.4 Å². The second-order valence-electron chi connectivity index (χ2n) is 10.1. The lowest BCUT2D eigenvalue weighted by molar-refractivity contribution is -0.383. The number of thioether (sulfide) groups is 1. The molecule has 2 N–H and O–H groups in total. The zero-order valence-corrected chi connectivity index (χ0v) is 25.8. The van der Waals surface area contributed by atoms with Crippen LogP contribution in [-0.4, -0.2) is 34.1 Å². The number of anilines is 2. The largest absolute Gasteiger partial charge is 0.494 e. The topological polar surface area (TPSA) is 123 Å². The Labute approximate surface area is 259 Å². The van der Waals surface area contributed by atoms with E-state index in [-0.39, 0.29) is 28.9 Å². The number of unbranched alkanes of at least 4 members (excludes halogenated alkanes) is 7. The van der Waals surface area contributed by atoms with Gasteiger partial charge in [0.1, 0.15) is 11.4 Å². The van der Waals surface area contributed by atoms with Crippen LogP contribution in [0.15, 0.2) is 71.1 Å². The van der Waals surface area contributed by atoms with Gasteiger partial charge in [-0.2, -0.15) is 0 Å². The Hall–Kier alpha value is -3.96.